The van der Waals surface area contributed by atoms with E-state index >= 15 is 0 Å². The van der Waals surface area contributed by atoms with Crippen LogP contribution in [0.2, 0.25) is 0 Å². The average molecular weight is 505 g/mol. The highest BCUT2D eigenvalue weighted by Gasteiger charge is 2.17. The van der Waals surface area contributed by atoms with Gasteiger partial charge in [0.2, 0.25) is 12.2 Å². The Morgan fingerprint density at radius 3 is 1.18 bits per heavy atom. The highest BCUT2D eigenvalue weighted by atomic mass is 16.5. The molecule has 0 bridgehead atoms. The molecule has 0 saturated carbocycles. The van der Waals surface area contributed by atoms with Gasteiger partial charge < -0.3 is 9.47 Å². The number of nitrogens with zero attached hydrogens (tertiary/aromatic N) is 2. The molecule has 0 heterocycles. The van der Waals surface area contributed by atoms with E-state index in [1.54, 1.807) is 60.7 Å². The lowest BCUT2D eigenvalue weighted by Crippen LogP contribution is -2.02. The Labute approximate surface area is 222 Å². The van der Waals surface area contributed by atoms with Gasteiger partial charge in [-0.1, -0.05) is 31.2 Å². The van der Waals surface area contributed by atoms with Crippen molar-refractivity contribution in [2.24, 2.45) is 9.98 Å². The summed E-state index contributed by atoms with van der Waals surface area (Å²) in [5.74, 6) is 3.14. The van der Waals surface area contributed by atoms with Crippen LogP contribution < -0.4 is 9.47 Å². The third kappa shape index (κ3) is 5.96. The lowest BCUT2D eigenvalue weighted by atomic mass is 9.88. The fourth-order valence-corrected chi connectivity index (χ4v) is 4.50. The van der Waals surface area contributed by atoms with Gasteiger partial charge in [0.25, 0.3) is 0 Å². The molecule has 0 N–H and O–H groups in total. The molecular weight excluding hydrogens is 476 g/mol. The van der Waals surface area contributed by atoms with E-state index < -0.39 is 0 Å². The number of isocyanates is 2. The Kier molecular flexibility index (Phi) is 7.98. The third-order valence-electron chi connectivity index (χ3n) is 6.43. The number of carbonyl (C=O) groups excluding carboxylic acids is 2. The molecule has 4 aromatic carbocycles. The van der Waals surface area contributed by atoms with E-state index in [2.05, 4.69) is 41.2 Å². The Morgan fingerprint density at radius 2 is 0.895 bits per heavy atom. The first-order chi connectivity index (χ1) is 18.3. The molecule has 0 unspecified atom stereocenters. The van der Waals surface area contributed by atoms with Crippen molar-refractivity contribution in [3.05, 3.63) is 106 Å². The van der Waals surface area contributed by atoms with Crippen molar-refractivity contribution in [1.29, 1.82) is 0 Å². The maximum atomic E-state index is 10.4. The second-order valence-electron chi connectivity index (χ2n) is 9.29. The molecule has 4 aromatic rings. The predicted molar refractivity (Wildman–Crippen MR) is 148 cm³/mol. The van der Waals surface area contributed by atoms with Gasteiger partial charge in [-0.3, -0.25) is 0 Å². The van der Waals surface area contributed by atoms with Gasteiger partial charge in [0.15, 0.2) is 0 Å². The quantitative estimate of drug-likeness (QED) is 0.178. The normalized spacial score (nSPS) is 11.2. The smallest absolute Gasteiger partial charge is 0.240 e. The van der Waals surface area contributed by atoms with Gasteiger partial charge in [0.1, 0.15) is 23.0 Å². The van der Waals surface area contributed by atoms with Crippen molar-refractivity contribution < 1.29 is 19.1 Å². The molecule has 0 aliphatic rings. The zero-order valence-electron chi connectivity index (χ0n) is 22.0. The minimum Gasteiger partial charge on any atom is -0.457 e. The number of hydrogen-bond donors (Lipinski definition) is 0. The number of hydrogen-bond acceptors (Lipinski definition) is 6. The van der Waals surface area contributed by atoms with Crippen molar-refractivity contribution in [2.75, 3.05) is 0 Å². The minimum atomic E-state index is 0.161. The van der Waals surface area contributed by atoms with Crippen LogP contribution in [0.25, 0.3) is 0 Å². The second kappa shape index (κ2) is 11.5. The lowest BCUT2D eigenvalue weighted by molar-refractivity contribution is 0.474. The number of ether oxygens (including phenoxy) is 2. The molecule has 0 radical (unpaired) electrons. The molecule has 4 rings (SSSR count). The minimum absolute atomic E-state index is 0.161. The van der Waals surface area contributed by atoms with Crippen molar-refractivity contribution in [3.63, 3.8) is 0 Å². The van der Waals surface area contributed by atoms with Crippen LogP contribution in [-0.2, 0) is 9.59 Å². The molecule has 0 aliphatic heterocycles. The van der Waals surface area contributed by atoms with E-state index in [0.717, 1.165) is 33.8 Å². The third-order valence-corrected chi connectivity index (χ3v) is 6.43. The van der Waals surface area contributed by atoms with E-state index in [1.165, 1.54) is 11.1 Å². The highest BCUT2D eigenvalue weighted by Crippen LogP contribution is 2.37. The molecule has 0 saturated heterocycles. The van der Waals surface area contributed by atoms with Crippen LogP contribution in [0.15, 0.2) is 82.8 Å². The molecule has 0 aromatic heterocycles. The van der Waals surface area contributed by atoms with Gasteiger partial charge in [0.05, 0.1) is 11.4 Å². The first-order valence-corrected chi connectivity index (χ1v) is 12.2. The van der Waals surface area contributed by atoms with Crippen molar-refractivity contribution in [3.8, 4) is 23.0 Å². The second-order valence-corrected chi connectivity index (χ2v) is 9.29. The number of aryl methyl sites for hydroxylation is 4. The van der Waals surface area contributed by atoms with Gasteiger partial charge in [-0.15, -0.1) is 0 Å². The highest BCUT2D eigenvalue weighted by molar-refractivity contribution is 5.54. The van der Waals surface area contributed by atoms with Gasteiger partial charge in [0, 0.05) is 5.92 Å². The number of benzene rings is 4. The lowest BCUT2D eigenvalue weighted by Gasteiger charge is -2.20. The molecule has 38 heavy (non-hydrogen) atoms. The standard InChI is InChI=1S/C32H28N2O4/c1-20-14-25(15-21(2)31(20)37-29-10-6-27(7-11-29)33-18-35)24(5)26-16-22(3)32(23(4)17-26)38-30-12-8-28(9-13-30)34-19-36/h6-17,24H,1-5H3. The number of aliphatic imine (C=N–C) groups is 2. The molecule has 0 spiro atoms. The molecule has 0 aliphatic carbocycles. The number of rotatable bonds is 8. The summed E-state index contributed by atoms with van der Waals surface area (Å²) in [6.45, 7) is 10.4. The van der Waals surface area contributed by atoms with E-state index in [0.29, 0.717) is 22.9 Å². The largest absolute Gasteiger partial charge is 0.457 e. The predicted octanol–water partition coefficient (Wildman–Crippen LogP) is 8.59. The van der Waals surface area contributed by atoms with Crippen LogP contribution in [0.4, 0.5) is 11.4 Å². The Hall–Kier alpha value is -4.76. The summed E-state index contributed by atoms with van der Waals surface area (Å²) in [4.78, 5) is 28.1. The molecule has 0 amide bonds. The fraction of sp³-hybridized carbons (Fsp3) is 0.188. The maximum absolute atomic E-state index is 10.4. The summed E-state index contributed by atoms with van der Waals surface area (Å²) in [5.41, 5.74) is 7.62. The Morgan fingerprint density at radius 1 is 0.579 bits per heavy atom. The molecular formula is C32H28N2O4. The average Bonchev–Trinajstić information content (AvgIpc) is 2.90. The summed E-state index contributed by atoms with van der Waals surface area (Å²) in [6.07, 6.45) is 3.08. The monoisotopic (exact) mass is 504 g/mol. The SMILES string of the molecule is Cc1cc(C(C)c2cc(C)c(Oc3ccc(N=C=O)cc3)c(C)c2)cc(C)c1Oc1ccc(N=C=O)cc1. The zero-order chi connectivity index (χ0) is 27.2. The Balaban J connectivity index is 1.55. The van der Waals surface area contributed by atoms with Crippen molar-refractivity contribution in [2.45, 2.75) is 40.5 Å². The van der Waals surface area contributed by atoms with Crippen molar-refractivity contribution in [1.82, 2.24) is 0 Å². The summed E-state index contributed by atoms with van der Waals surface area (Å²) >= 11 is 0. The first-order valence-electron chi connectivity index (χ1n) is 12.2. The van der Waals surface area contributed by atoms with E-state index in [-0.39, 0.29) is 5.92 Å². The topological polar surface area (TPSA) is 77.3 Å². The van der Waals surface area contributed by atoms with Crippen LogP contribution in [0.3, 0.4) is 0 Å². The summed E-state index contributed by atoms with van der Waals surface area (Å²) in [5, 5.41) is 0. The Bertz CT molecular complexity index is 1400. The van der Waals surface area contributed by atoms with Gasteiger partial charge >= 0.3 is 0 Å². The molecule has 0 fully saturated rings. The van der Waals surface area contributed by atoms with E-state index in [1.807, 2.05) is 27.7 Å². The van der Waals surface area contributed by atoms with Gasteiger partial charge in [-0.05, 0) is 110 Å². The van der Waals surface area contributed by atoms with E-state index in [4.69, 9.17) is 9.47 Å². The van der Waals surface area contributed by atoms with E-state index in [9.17, 15) is 9.59 Å². The van der Waals surface area contributed by atoms with Crippen LogP contribution in [0.5, 0.6) is 23.0 Å². The van der Waals surface area contributed by atoms with Gasteiger partial charge in [-0.2, -0.15) is 9.98 Å². The summed E-state index contributed by atoms with van der Waals surface area (Å²) < 4.78 is 12.3. The van der Waals surface area contributed by atoms with Crippen LogP contribution in [-0.4, -0.2) is 12.2 Å². The summed E-state index contributed by atoms with van der Waals surface area (Å²) in [7, 11) is 0. The van der Waals surface area contributed by atoms with Crippen molar-refractivity contribution >= 4 is 23.5 Å². The molecule has 0 atom stereocenters. The molecule has 6 nitrogen and oxygen atoms in total. The van der Waals surface area contributed by atoms with Crippen LogP contribution in [0, 0.1) is 27.7 Å². The first kappa shape index (κ1) is 26.3. The fourth-order valence-electron chi connectivity index (χ4n) is 4.50. The van der Waals surface area contributed by atoms with Gasteiger partial charge in [-0.25, -0.2) is 9.59 Å². The van der Waals surface area contributed by atoms with Crippen LogP contribution >= 0.6 is 0 Å². The van der Waals surface area contributed by atoms with Crippen LogP contribution in [0.1, 0.15) is 46.2 Å². The molecule has 190 valence electrons. The zero-order valence-corrected chi connectivity index (χ0v) is 22.0. The molecule has 6 heteroatoms. The summed E-state index contributed by atoms with van der Waals surface area (Å²) in [6, 6.07) is 22.7. The maximum Gasteiger partial charge on any atom is 0.240 e.